The van der Waals surface area contributed by atoms with E-state index in [4.69, 9.17) is 9.84 Å². The van der Waals surface area contributed by atoms with Gasteiger partial charge in [-0.15, -0.1) is 0 Å². The van der Waals surface area contributed by atoms with Crippen molar-refractivity contribution in [3.05, 3.63) is 0 Å². The SMILES string of the molecule is CC(C)(C)OC1CC2(CC(=O)N(CC(=O)O)C2)C1. The summed E-state index contributed by atoms with van der Waals surface area (Å²) in [6.45, 7) is 6.46. The standard InChI is InChI=1S/C13H21NO4/c1-12(2,3)18-9-4-13(5-9)6-10(15)14(8-13)7-11(16)17/h9H,4-8H2,1-3H3,(H,16,17). The van der Waals surface area contributed by atoms with Crippen molar-refractivity contribution in [1.29, 1.82) is 0 Å². The Morgan fingerprint density at radius 2 is 2.11 bits per heavy atom. The van der Waals surface area contributed by atoms with Gasteiger partial charge in [-0.2, -0.15) is 0 Å². The zero-order valence-electron chi connectivity index (χ0n) is 11.2. The van der Waals surface area contributed by atoms with Crippen molar-refractivity contribution in [3.8, 4) is 0 Å². The van der Waals surface area contributed by atoms with Gasteiger partial charge in [0.05, 0.1) is 11.7 Å². The summed E-state index contributed by atoms with van der Waals surface area (Å²) in [5.41, 5.74) is -0.182. The third kappa shape index (κ3) is 2.83. The number of rotatable bonds is 3. The van der Waals surface area contributed by atoms with E-state index in [0.29, 0.717) is 13.0 Å². The van der Waals surface area contributed by atoms with Gasteiger partial charge < -0.3 is 14.7 Å². The molecule has 102 valence electrons. The van der Waals surface area contributed by atoms with E-state index in [2.05, 4.69) is 0 Å². The van der Waals surface area contributed by atoms with Crippen molar-refractivity contribution in [1.82, 2.24) is 4.90 Å². The maximum absolute atomic E-state index is 11.7. The Balaban J connectivity index is 1.87. The molecule has 1 saturated heterocycles. The number of likely N-dealkylation sites (tertiary alicyclic amines) is 1. The fraction of sp³-hybridized carbons (Fsp3) is 0.846. The number of hydrogen-bond donors (Lipinski definition) is 1. The van der Waals surface area contributed by atoms with Crippen molar-refractivity contribution >= 4 is 11.9 Å². The Labute approximate surface area is 107 Å². The van der Waals surface area contributed by atoms with Crippen LogP contribution < -0.4 is 0 Å². The molecule has 0 unspecified atom stereocenters. The second-order valence-electron chi connectivity index (χ2n) is 6.58. The van der Waals surface area contributed by atoms with Crippen LogP contribution in [0.2, 0.25) is 0 Å². The summed E-state index contributed by atoms with van der Waals surface area (Å²) in [7, 11) is 0. The fourth-order valence-corrected chi connectivity index (χ4v) is 3.05. The molecule has 2 rings (SSSR count). The van der Waals surface area contributed by atoms with E-state index in [1.54, 1.807) is 0 Å². The molecule has 0 aromatic heterocycles. The van der Waals surface area contributed by atoms with Crippen LogP contribution in [0.1, 0.15) is 40.0 Å². The predicted octanol–water partition coefficient (Wildman–Crippen LogP) is 1.27. The number of carboxylic acid groups (broad SMARTS) is 1. The summed E-state index contributed by atoms with van der Waals surface area (Å²) in [6, 6.07) is 0. The Bertz CT molecular complexity index is 366. The largest absolute Gasteiger partial charge is 0.480 e. The molecule has 0 atom stereocenters. The maximum atomic E-state index is 11.7. The molecular formula is C13H21NO4. The first-order valence-electron chi connectivity index (χ1n) is 6.37. The molecule has 1 spiro atoms. The molecule has 2 aliphatic rings. The first kappa shape index (κ1) is 13.3. The number of hydrogen-bond acceptors (Lipinski definition) is 3. The van der Waals surface area contributed by atoms with E-state index in [9.17, 15) is 9.59 Å². The molecule has 0 radical (unpaired) electrons. The predicted molar refractivity (Wildman–Crippen MR) is 65.1 cm³/mol. The number of amides is 1. The van der Waals surface area contributed by atoms with Crippen LogP contribution in [0.5, 0.6) is 0 Å². The second-order valence-corrected chi connectivity index (χ2v) is 6.58. The molecule has 5 nitrogen and oxygen atoms in total. The number of ether oxygens (including phenoxy) is 1. The summed E-state index contributed by atoms with van der Waals surface area (Å²) in [4.78, 5) is 23.8. The zero-order valence-corrected chi connectivity index (χ0v) is 11.2. The molecule has 2 fully saturated rings. The lowest BCUT2D eigenvalue weighted by molar-refractivity contribution is -0.143. The van der Waals surface area contributed by atoms with E-state index in [1.165, 1.54) is 4.90 Å². The average Bonchev–Trinajstić information content (AvgIpc) is 2.38. The summed E-state index contributed by atoms with van der Waals surface area (Å²) in [5.74, 6) is -0.978. The molecule has 1 aliphatic carbocycles. The number of carbonyl (C=O) groups is 2. The molecule has 1 aliphatic heterocycles. The minimum absolute atomic E-state index is 0.0253. The Kier molecular flexibility index (Phi) is 3.13. The molecule has 1 saturated carbocycles. The Morgan fingerprint density at radius 1 is 1.50 bits per heavy atom. The van der Waals surface area contributed by atoms with Crippen LogP contribution in [0.15, 0.2) is 0 Å². The Hall–Kier alpha value is -1.10. The number of aliphatic carboxylic acids is 1. The average molecular weight is 255 g/mol. The van der Waals surface area contributed by atoms with Crippen molar-refractivity contribution in [3.63, 3.8) is 0 Å². The molecular weight excluding hydrogens is 234 g/mol. The van der Waals surface area contributed by atoms with Crippen LogP contribution in [0.3, 0.4) is 0 Å². The highest BCUT2D eigenvalue weighted by molar-refractivity contribution is 5.84. The van der Waals surface area contributed by atoms with Gasteiger partial charge in [-0.05, 0) is 33.6 Å². The van der Waals surface area contributed by atoms with Gasteiger partial charge in [0.2, 0.25) is 5.91 Å². The lowest BCUT2D eigenvalue weighted by Crippen LogP contribution is -2.47. The van der Waals surface area contributed by atoms with Gasteiger partial charge in [0, 0.05) is 18.4 Å². The fourth-order valence-electron chi connectivity index (χ4n) is 3.05. The van der Waals surface area contributed by atoms with Crippen molar-refractivity contribution in [2.24, 2.45) is 5.41 Å². The van der Waals surface area contributed by atoms with Crippen LogP contribution in [0, 0.1) is 5.41 Å². The monoisotopic (exact) mass is 255 g/mol. The Morgan fingerprint density at radius 3 is 2.61 bits per heavy atom. The highest BCUT2D eigenvalue weighted by Gasteiger charge is 2.53. The van der Waals surface area contributed by atoms with Crippen molar-refractivity contribution in [2.45, 2.75) is 51.7 Å². The number of carboxylic acids is 1. The molecule has 0 aromatic carbocycles. The highest BCUT2D eigenvalue weighted by Crippen LogP contribution is 2.50. The highest BCUT2D eigenvalue weighted by atomic mass is 16.5. The van der Waals surface area contributed by atoms with E-state index >= 15 is 0 Å². The second kappa shape index (κ2) is 4.23. The zero-order chi connectivity index (χ0) is 13.6. The first-order valence-corrected chi connectivity index (χ1v) is 6.37. The maximum Gasteiger partial charge on any atom is 0.323 e. The topological polar surface area (TPSA) is 66.8 Å². The minimum Gasteiger partial charge on any atom is -0.480 e. The molecule has 0 bridgehead atoms. The first-order chi connectivity index (χ1) is 8.19. The minimum atomic E-state index is -0.942. The third-order valence-corrected chi connectivity index (χ3v) is 3.57. The lowest BCUT2D eigenvalue weighted by Gasteiger charge is -2.46. The van der Waals surface area contributed by atoms with E-state index in [0.717, 1.165) is 12.8 Å². The molecule has 18 heavy (non-hydrogen) atoms. The van der Waals surface area contributed by atoms with Gasteiger partial charge in [0.25, 0.3) is 0 Å². The van der Waals surface area contributed by atoms with Crippen LogP contribution in [0.4, 0.5) is 0 Å². The smallest absolute Gasteiger partial charge is 0.323 e. The van der Waals surface area contributed by atoms with Crippen molar-refractivity contribution < 1.29 is 19.4 Å². The summed E-state index contributed by atoms with van der Waals surface area (Å²) in [6.07, 6.45) is 2.42. The summed E-state index contributed by atoms with van der Waals surface area (Å²) in [5, 5.41) is 8.74. The molecule has 1 N–H and O–H groups in total. The van der Waals surface area contributed by atoms with Crippen LogP contribution >= 0.6 is 0 Å². The molecule has 5 heteroatoms. The van der Waals surface area contributed by atoms with Crippen molar-refractivity contribution in [2.75, 3.05) is 13.1 Å². The van der Waals surface area contributed by atoms with Gasteiger partial charge in [-0.1, -0.05) is 0 Å². The molecule has 0 aromatic rings. The lowest BCUT2D eigenvalue weighted by atomic mass is 9.66. The van der Waals surface area contributed by atoms with Gasteiger partial charge in [0.1, 0.15) is 6.54 Å². The quantitative estimate of drug-likeness (QED) is 0.824. The summed E-state index contributed by atoms with van der Waals surface area (Å²) < 4.78 is 5.87. The van der Waals surface area contributed by atoms with Gasteiger partial charge in [-0.3, -0.25) is 9.59 Å². The molecule has 1 heterocycles. The third-order valence-electron chi connectivity index (χ3n) is 3.57. The van der Waals surface area contributed by atoms with Gasteiger partial charge >= 0.3 is 5.97 Å². The number of nitrogens with zero attached hydrogens (tertiary/aromatic N) is 1. The summed E-state index contributed by atoms with van der Waals surface area (Å²) >= 11 is 0. The van der Waals surface area contributed by atoms with E-state index < -0.39 is 5.97 Å². The van der Waals surface area contributed by atoms with Crippen LogP contribution in [0.25, 0.3) is 0 Å². The van der Waals surface area contributed by atoms with E-state index in [-0.39, 0.29) is 29.6 Å². The normalized spacial score (nSPS) is 31.8. The van der Waals surface area contributed by atoms with Gasteiger partial charge in [0.15, 0.2) is 0 Å². The number of carbonyl (C=O) groups excluding carboxylic acids is 1. The van der Waals surface area contributed by atoms with E-state index in [1.807, 2.05) is 20.8 Å². The molecule has 1 amide bonds. The van der Waals surface area contributed by atoms with Crippen LogP contribution in [-0.4, -0.2) is 46.7 Å². The van der Waals surface area contributed by atoms with Gasteiger partial charge in [-0.25, -0.2) is 0 Å². The van der Waals surface area contributed by atoms with Crippen LogP contribution in [-0.2, 0) is 14.3 Å².